The third kappa shape index (κ3) is 8.28. The molecular formula is C31H41ClN5O6P. The van der Waals surface area contributed by atoms with E-state index in [9.17, 15) is 9.36 Å². The Balaban J connectivity index is 1.72. The standard InChI is InChI=1S/C31H41ClN5O6P/c1-8-40-18-25-35-27-28(23-11-9-10-12-24(23)34-29(27)33)37(25)17-20(4)42-44(39,43-22-15-13-21(32)14-16-22)36-26(19(2)3)30(38)41-31(5,6)7/h9-16,19-20,26H,8,17-18H2,1-7H3,(H2,33,34)(H,36,39)/t20-,26+,44+/m1/s1. The molecule has 4 rings (SSSR count). The van der Waals surface area contributed by atoms with Crippen LogP contribution in [0.2, 0.25) is 5.02 Å². The quantitative estimate of drug-likeness (QED) is 0.116. The molecule has 11 nitrogen and oxygen atoms in total. The highest BCUT2D eigenvalue weighted by Crippen LogP contribution is 2.47. The number of fused-ring (bicyclic) bond motifs is 3. The first-order valence-corrected chi connectivity index (χ1v) is 16.5. The van der Waals surface area contributed by atoms with Crippen molar-refractivity contribution < 1.29 is 27.9 Å². The fourth-order valence-electron chi connectivity index (χ4n) is 4.65. The Morgan fingerprint density at radius 1 is 1.09 bits per heavy atom. The van der Waals surface area contributed by atoms with Gasteiger partial charge in [-0.1, -0.05) is 43.6 Å². The Hall–Kier alpha value is -3.21. The lowest BCUT2D eigenvalue weighted by atomic mass is 10.1. The summed E-state index contributed by atoms with van der Waals surface area (Å²) < 4.78 is 39.9. The van der Waals surface area contributed by atoms with Crippen molar-refractivity contribution in [1.82, 2.24) is 19.6 Å². The molecule has 2 aromatic carbocycles. The van der Waals surface area contributed by atoms with Gasteiger partial charge in [-0.05, 0) is 70.9 Å². The molecule has 0 bridgehead atoms. The Labute approximate surface area is 263 Å². The number of halogens is 1. The van der Waals surface area contributed by atoms with Gasteiger partial charge in [-0.2, -0.15) is 5.09 Å². The van der Waals surface area contributed by atoms with Gasteiger partial charge in [0.25, 0.3) is 0 Å². The summed E-state index contributed by atoms with van der Waals surface area (Å²) in [6, 6.07) is 13.0. The van der Waals surface area contributed by atoms with Gasteiger partial charge in [0.2, 0.25) is 0 Å². The van der Waals surface area contributed by atoms with Crippen molar-refractivity contribution in [2.24, 2.45) is 5.92 Å². The normalized spacial score (nSPS) is 14.9. The van der Waals surface area contributed by atoms with E-state index in [2.05, 4.69) is 10.1 Å². The van der Waals surface area contributed by atoms with Crippen LogP contribution in [0.3, 0.4) is 0 Å². The number of para-hydroxylation sites is 1. The van der Waals surface area contributed by atoms with E-state index in [0.29, 0.717) is 34.3 Å². The van der Waals surface area contributed by atoms with Gasteiger partial charge < -0.3 is 24.3 Å². The predicted molar refractivity (Wildman–Crippen MR) is 173 cm³/mol. The minimum Gasteiger partial charge on any atom is -0.459 e. The lowest BCUT2D eigenvalue weighted by molar-refractivity contribution is -0.158. The highest BCUT2D eigenvalue weighted by Gasteiger charge is 2.39. The molecule has 44 heavy (non-hydrogen) atoms. The molecule has 0 spiro atoms. The zero-order valence-electron chi connectivity index (χ0n) is 26.2. The maximum absolute atomic E-state index is 14.5. The number of anilines is 1. The maximum Gasteiger partial charge on any atom is 0.459 e. The molecule has 0 aliphatic rings. The molecule has 2 aromatic heterocycles. The molecular weight excluding hydrogens is 605 g/mol. The van der Waals surface area contributed by atoms with E-state index in [-0.39, 0.29) is 24.8 Å². The summed E-state index contributed by atoms with van der Waals surface area (Å²) >= 11 is 6.06. The number of rotatable bonds is 13. The summed E-state index contributed by atoms with van der Waals surface area (Å²) in [5, 5.41) is 4.21. The Kier molecular flexibility index (Phi) is 10.6. The van der Waals surface area contributed by atoms with Gasteiger partial charge in [-0.3, -0.25) is 9.32 Å². The maximum atomic E-state index is 14.5. The second-order valence-corrected chi connectivity index (χ2v) is 13.9. The summed E-state index contributed by atoms with van der Waals surface area (Å²) in [7, 11) is -4.21. The van der Waals surface area contributed by atoms with Gasteiger partial charge in [0.15, 0.2) is 5.82 Å². The van der Waals surface area contributed by atoms with Crippen molar-refractivity contribution in [3.63, 3.8) is 0 Å². The zero-order valence-corrected chi connectivity index (χ0v) is 27.8. The Morgan fingerprint density at radius 2 is 1.77 bits per heavy atom. The van der Waals surface area contributed by atoms with Crippen LogP contribution in [0, 0.1) is 5.92 Å². The first-order valence-electron chi connectivity index (χ1n) is 14.5. The summed E-state index contributed by atoms with van der Waals surface area (Å²) in [6.07, 6.45) is -0.710. The van der Waals surface area contributed by atoms with Crippen LogP contribution < -0.4 is 15.3 Å². The van der Waals surface area contributed by atoms with Crippen molar-refractivity contribution >= 4 is 53.1 Å². The highest BCUT2D eigenvalue weighted by atomic mass is 35.5. The molecule has 0 fully saturated rings. The average molecular weight is 646 g/mol. The first kappa shape index (κ1) is 33.7. The number of carbonyl (C=O) groups is 1. The van der Waals surface area contributed by atoms with Gasteiger partial charge in [0, 0.05) is 17.0 Å². The molecule has 0 saturated heterocycles. The number of nitrogens with one attached hydrogen (secondary N) is 1. The van der Waals surface area contributed by atoms with Gasteiger partial charge >= 0.3 is 13.7 Å². The van der Waals surface area contributed by atoms with Gasteiger partial charge in [-0.25, -0.2) is 14.5 Å². The van der Waals surface area contributed by atoms with Crippen molar-refractivity contribution in [3.05, 3.63) is 59.4 Å². The predicted octanol–water partition coefficient (Wildman–Crippen LogP) is 6.90. The SMILES string of the molecule is CCOCc1nc2c(N)nc3ccccc3c2n1C[C@@H](C)O[P@@](=O)(N[C@H](C(=O)OC(C)(C)C)C(C)C)Oc1ccc(Cl)cc1. The van der Waals surface area contributed by atoms with Crippen LogP contribution in [0.15, 0.2) is 48.5 Å². The number of aromatic nitrogens is 3. The molecule has 3 atom stereocenters. The number of nitrogen functional groups attached to an aromatic ring is 1. The molecule has 238 valence electrons. The molecule has 13 heteroatoms. The number of hydrogen-bond acceptors (Lipinski definition) is 9. The minimum absolute atomic E-state index is 0.209. The van der Waals surface area contributed by atoms with Crippen LogP contribution in [0.5, 0.6) is 5.75 Å². The monoisotopic (exact) mass is 645 g/mol. The average Bonchev–Trinajstić information content (AvgIpc) is 3.29. The summed E-state index contributed by atoms with van der Waals surface area (Å²) in [6.45, 7) is 13.5. The van der Waals surface area contributed by atoms with Crippen LogP contribution in [-0.2, 0) is 36.5 Å². The lowest BCUT2D eigenvalue weighted by Gasteiger charge is -2.30. The van der Waals surface area contributed by atoms with E-state index in [1.807, 2.05) is 49.6 Å². The van der Waals surface area contributed by atoms with Crippen molar-refractivity contribution in [2.45, 2.75) is 79.4 Å². The van der Waals surface area contributed by atoms with Crippen molar-refractivity contribution in [2.75, 3.05) is 12.3 Å². The molecule has 4 aromatic rings. The van der Waals surface area contributed by atoms with E-state index >= 15 is 0 Å². The molecule has 0 aliphatic carbocycles. The van der Waals surface area contributed by atoms with Crippen molar-refractivity contribution in [1.29, 1.82) is 0 Å². The fraction of sp³-hybridized carbons (Fsp3) is 0.452. The first-order chi connectivity index (χ1) is 20.7. The number of pyridine rings is 1. The summed E-state index contributed by atoms with van der Waals surface area (Å²) in [5.41, 5.74) is 7.59. The van der Waals surface area contributed by atoms with Gasteiger partial charge in [0.05, 0.1) is 23.7 Å². The highest BCUT2D eigenvalue weighted by molar-refractivity contribution is 7.52. The van der Waals surface area contributed by atoms with Crippen LogP contribution in [-0.4, -0.2) is 44.9 Å². The largest absolute Gasteiger partial charge is 0.459 e. The summed E-state index contributed by atoms with van der Waals surface area (Å²) in [4.78, 5) is 22.5. The molecule has 0 aliphatic heterocycles. The van der Waals surface area contributed by atoms with E-state index in [0.717, 1.165) is 10.9 Å². The second-order valence-electron chi connectivity index (χ2n) is 11.8. The summed E-state index contributed by atoms with van der Waals surface area (Å²) in [5.74, 6) is 0.275. The van der Waals surface area contributed by atoms with E-state index < -0.39 is 31.5 Å². The third-order valence-corrected chi connectivity index (χ3v) is 8.48. The van der Waals surface area contributed by atoms with Gasteiger partial charge in [0.1, 0.15) is 35.3 Å². The lowest BCUT2D eigenvalue weighted by Crippen LogP contribution is -2.44. The number of ether oxygens (including phenoxy) is 2. The number of hydrogen-bond donors (Lipinski definition) is 2. The number of imidazole rings is 1. The number of esters is 1. The van der Waals surface area contributed by atoms with E-state index in [4.69, 9.17) is 40.8 Å². The zero-order chi connectivity index (χ0) is 32.2. The Bertz CT molecular complexity index is 1650. The van der Waals surface area contributed by atoms with Gasteiger partial charge in [-0.15, -0.1) is 0 Å². The third-order valence-electron chi connectivity index (χ3n) is 6.55. The molecule has 0 amide bonds. The molecule has 3 N–H and O–H groups in total. The Morgan fingerprint density at radius 3 is 2.41 bits per heavy atom. The number of benzene rings is 2. The number of nitrogens with two attached hydrogens (primary N) is 1. The fourth-order valence-corrected chi connectivity index (χ4v) is 6.62. The van der Waals surface area contributed by atoms with Crippen LogP contribution in [0.25, 0.3) is 21.9 Å². The van der Waals surface area contributed by atoms with Crippen molar-refractivity contribution in [3.8, 4) is 5.75 Å². The minimum atomic E-state index is -4.21. The number of nitrogens with zero attached hydrogens (tertiary/aromatic N) is 3. The molecule has 2 heterocycles. The second kappa shape index (κ2) is 13.8. The topological polar surface area (TPSA) is 140 Å². The number of carbonyl (C=O) groups excluding carboxylic acids is 1. The molecule has 0 saturated carbocycles. The smallest absolute Gasteiger partial charge is 0.459 e. The molecule has 0 radical (unpaired) electrons. The van der Waals surface area contributed by atoms with E-state index in [1.165, 1.54) is 0 Å². The van der Waals surface area contributed by atoms with Crippen LogP contribution in [0.1, 0.15) is 54.3 Å². The molecule has 0 unspecified atom stereocenters. The van der Waals surface area contributed by atoms with Crippen LogP contribution >= 0.6 is 19.3 Å². The van der Waals surface area contributed by atoms with Crippen LogP contribution in [0.4, 0.5) is 5.82 Å². The van der Waals surface area contributed by atoms with E-state index in [1.54, 1.807) is 52.0 Å².